The van der Waals surface area contributed by atoms with Crippen LogP contribution in [0.3, 0.4) is 0 Å². The molecule has 0 fully saturated rings. The monoisotopic (exact) mass is 348 g/mol. The Kier molecular flexibility index (Phi) is 4.27. The molecule has 0 bridgehead atoms. The third-order valence-corrected chi connectivity index (χ3v) is 5.53. The van der Waals surface area contributed by atoms with Gasteiger partial charge in [0.1, 0.15) is 5.69 Å². The van der Waals surface area contributed by atoms with Crippen LogP contribution in [-0.4, -0.2) is 33.6 Å². The third kappa shape index (κ3) is 3.18. The van der Waals surface area contributed by atoms with Gasteiger partial charge in [-0.05, 0) is 31.4 Å². The summed E-state index contributed by atoms with van der Waals surface area (Å²) in [4.78, 5) is 0.260. The molecule has 0 aliphatic heterocycles. The fourth-order valence-corrected chi connectivity index (χ4v) is 3.72. The Morgan fingerprint density at radius 2 is 1.87 bits per heavy atom. The van der Waals surface area contributed by atoms with Gasteiger partial charge in [-0.1, -0.05) is 22.9 Å². The van der Waals surface area contributed by atoms with Crippen molar-refractivity contribution in [3.8, 4) is 11.3 Å². The molecule has 3 rings (SSSR count). The van der Waals surface area contributed by atoms with E-state index in [9.17, 15) is 8.42 Å². The van der Waals surface area contributed by atoms with E-state index in [-0.39, 0.29) is 4.90 Å². The standard InChI is InChI=1S/C15H16N4O2S2/c1-12-3-5-14(6-4-12)23(20,21)19-8-7-13(9-19)15-10-18(11-22-2)17-16-15/h3-10H,11H2,1-2H3. The number of aromatic nitrogens is 4. The lowest BCUT2D eigenvalue weighted by Gasteiger charge is -2.05. The van der Waals surface area contributed by atoms with Gasteiger partial charge in [0.15, 0.2) is 0 Å². The molecule has 0 aliphatic carbocycles. The summed E-state index contributed by atoms with van der Waals surface area (Å²) in [7, 11) is -3.59. The molecular weight excluding hydrogens is 332 g/mol. The zero-order chi connectivity index (χ0) is 16.4. The molecule has 23 heavy (non-hydrogen) atoms. The van der Waals surface area contributed by atoms with Gasteiger partial charge in [-0.15, -0.1) is 16.9 Å². The van der Waals surface area contributed by atoms with Crippen molar-refractivity contribution in [1.82, 2.24) is 19.0 Å². The fraction of sp³-hybridized carbons (Fsp3) is 0.200. The van der Waals surface area contributed by atoms with Crippen LogP contribution < -0.4 is 0 Å². The molecule has 2 heterocycles. The van der Waals surface area contributed by atoms with Crippen molar-refractivity contribution in [2.75, 3.05) is 6.26 Å². The summed E-state index contributed by atoms with van der Waals surface area (Å²) >= 11 is 1.63. The van der Waals surface area contributed by atoms with E-state index in [2.05, 4.69) is 10.3 Å². The van der Waals surface area contributed by atoms with Crippen LogP contribution in [0.15, 0.2) is 53.8 Å². The Hall–Kier alpha value is -2.06. The normalized spacial score (nSPS) is 11.7. The maximum absolute atomic E-state index is 12.6. The Balaban J connectivity index is 1.92. The van der Waals surface area contributed by atoms with Crippen LogP contribution in [0.25, 0.3) is 11.3 Å². The van der Waals surface area contributed by atoms with Gasteiger partial charge in [-0.25, -0.2) is 17.1 Å². The lowest BCUT2D eigenvalue weighted by molar-refractivity contribution is 0.587. The summed E-state index contributed by atoms with van der Waals surface area (Å²) < 4.78 is 28.2. The van der Waals surface area contributed by atoms with Crippen molar-refractivity contribution in [3.05, 3.63) is 54.5 Å². The quantitative estimate of drug-likeness (QED) is 0.709. The molecule has 120 valence electrons. The highest BCUT2D eigenvalue weighted by Gasteiger charge is 2.17. The molecule has 0 aliphatic rings. The van der Waals surface area contributed by atoms with Gasteiger partial charge in [0, 0.05) is 18.0 Å². The number of aryl methyl sites for hydroxylation is 1. The molecule has 6 nitrogen and oxygen atoms in total. The van der Waals surface area contributed by atoms with Crippen molar-refractivity contribution >= 4 is 21.8 Å². The molecule has 0 saturated heterocycles. The highest BCUT2D eigenvalue weighted by molar-refractivity contribution is 7.97. The van der Waals surface area contributed by atoms with E-state index in [0.717, 1.165) is 5.56 Å². The van der Waals surface area contributed by atoms with E-state index in [1.807, 2.05) is 13.2 Å². The molecule has 0 atom stereocenters. The number of hydrogen-bond donors (Lipinski definition) is 0. The molecule has 3 aromatic rings. The highest BCUT2D eigenvalue weighted by Crippen LogP contribution is 2.21. The van der Waals surface area contributed by atoms with Gasteiger partial charge < -0.3 is 0 Å². The second kappa shape index (κ2) is 6.21. The number of thioether (sulfide) groups is 1. The van der Waals surface area contributed by atoms with Gasteiger partial charge in [-0.2, -0.15) is 0 Å². The van der Waals surface area contributed by atoms with Crippen LogP contribution in [0.1, 0.15) is 5.56 Å². The molecule has 8 heteroatoms. The summed E-state index contributed by atoms with van der Waals surface area (Å²) in [5, 5.41) is 8.08. The second-order valence-corrected chi connectivity index (χ2v) is 7.79. The third-order valence-electron chi connectivity index (χ3n) is 3.36. The van der Waals surface area contributed by atoms with Crippen LogP contribution in [-0.2, 0) is 15.9 Å². The highest BCUT2D eigenvalue weighted by atomic mass is 32.2. The van der Waals surface area contributed by atoms with E-state index in [4.69, 9.17) is 0 Å². The van der Waals surface area contributed by atoms with E-state index in [1.165, 1.54) is 10.2 Å². The van der Waals surface area contributed by atoms with E-state index >= 15 is 0 Å². The molecule has 0 spiro atoms. The molecule has 0 N–H and O–H groups in total. The maximum atomic E-state index is 12.6. The van der Waals surface area contributed by atoms with Crippen LogP contribution in [0.2, 0.25) is 0 Å². The van der Waals surface area contributed by atoms with Gasteiger partial charge in [-0.3, -0.25) is 0 Å². The molecule has 2 aromatic heterocycles. The molecule has 0 radical (unpaired) electrons. The van der Waals surface area contributed by atoms with Crippen LogP contribution in [0.4, 0.5) is 0 Å². The first-order chi connectivity index (χ1) is 11.0. The van der Waals surface area contributed by atoms with Gasteiger partial charge in [0.25, 0.3) is 10.0 Å². The molecule has 0 amide bonds. The van der Waals surface area contributed by atoms with Crippen molar-refractivity contribution in [2.24, 2.45) is 0 Å². The Bertz CT molecular complexity index is 911. The number of rotatable bonds is 5. The van der Waals surface area contributed by atoms with Crippen molar-refractivity contribution in [2.45, 2.75) is 17.7 Å². The summed E-state index contributed by atoms with van der Waals surface area (Å²) in [6.07, 6.45) is 6.86. The van der Waals surface area contributed by atoms with Crippen molar-refractivity contribution in [3.63, 3.8) is 0 Å². The Morgan fingerprint density at radius 3 is 2.57 bits per heavy atom. The van der Waals surface area contributed by atoms with Crippen LogP contribution in [0.5, 0.6) is 0 Å². The topological polar surface area (TPSA) is 69.8 Å². The van der Waals surface area contributed by atoms with Crippen LogP contribution in [0, 0.1) is 6.92 Å². The minimum atomic E-state index is -3.59. The summed E-state index contributed by atoms with van der Waals surface area (Å²) in [5.41, 5.74) is 2.38. The van der Waals surface area contributed by atoms with E-state index in [0.29, 0.717) is 17.1 Å². The zero-order valence-corrected chi connectivity index (χ0v) is 14.4. The Labute approximate surface area is 139 Å². The van der Waals surface area contributed by atoms with Gasteiger partial charge in [0.05, 0.1) is 17.0 Å². The van der Waals surface area contributed by atoms with Gasteiger partial charge >= 0.3 is 0 Å². The first-order valence-electron chi connectivity index (χ1n) is 6.90. The SMILES string of the molecule is CSCn1cc(-c2ccn(S(=O)(=O)c3ccc(C)cc3)c2)nn1. The second-order valence-electron chi connectivity index (χ2n) is 5.11. The van der Waals surface area contributed by atoms with Crippen molar-refractivity contribution in [1.29, 1.82) is 0 Å². The predicted molar refractivity (Wildman–Crippen MR) is 90.7 cm³/mol. The molecule has 0 unspecified atom stereocenters. The predicted octanol–water partition coefficient (Wildman–Crippen LogP) is 2.61. The van der Waals surface area contributed by atoms with Crippen LogP contribution >= 0.6 is 11.8 Å². The first kappa shape index (κ1) is 15.8. The molecule has 1 aromatic carbocycles. The van der Waals surface area contributed by atoms with E-state index in [1.54, 1.807) is 59.2 Å². The van der Waals surface area contributed by atoms with Gasteiger partial charge in [0.2, 0.25) is 0 Å². The molecule has 0 saturated carbocycles. The largest absolute Gasteiger partial charge is 0.267 e. The smallest absolute Gasteiger partial charge is 0.248 e. The average Bonchev–Trinajstić information content (AvgIpc) is 3.17. The van der Waals surface area contributed by atoms with Crippen molar-refractivity contribution < 1.29 is 8.42 Å². The fourth-order valence-electron chi connectivity index (χ4n) is 2.14. The molecular formula is C15H16N4O2S2. The first-order valence-corrected chi connectivity index (χ1v) is 9.74. The summed E-state index contributed by atoms with van der Waals surface area (Å²) in [5.74, 6) is 0.704. The Morgan fingerprint density at radius 1 is 1.13 bits per heavy atom. The zero-order valence-electron chi connectivity index (χ0n) is 12.7. The lowest BCUT2D eigenvalue weighted by atomic mass is 10.2. The summed E-state index contributed by atoms with van der Waals surface area (Å²) in [6, 6.07) is 8.51. The summed E-state index contributed by atoms with van der Waals surface area (Å²) in [6.45, 7) is 1.92. The average molecular weight is 348 g/mol. The number of benzene rings is 1. The lowest BCUT2D eigenvalue weighted by Crippen LogP contribution is -2.10. The maximum Gasteiger partial charge on any atom is 0.267 e. The number of hydrogen-bond acceptors (Lipinski definition) is 5. The van der Waals surface area contributed by atoms with E-state index < -0.39 is 10.0 Å². The number of nitrogens with zero attached hydrogens (tertiary/aromatic N) is 4. The minimum Gasteiger partial charge on any atom is -0.248 e. The minimum absolute atomic E-state index is 0.260.